The van der Waals surface area contributed by atoms with Gasteiger partial charge in [-0.3, -0.25) is 0 Å². The van der Waals surface area contributed by atoms with Crippen molar-refractivity contribution >= 4 is 12.2 Å². The van der Waals surface area contributed by atoms with Crippen molar-refractivity contribution in [1.29, 1.82) is 0 Å². The number of amides is 2. The second-order valence-corrected chi connectivity index (χ2v) is 8.22. The lowest BCUT2D eigenvalue weighted by molar-refractivity contribution is -0.191. The summed E-state index contributed by atoms with van der Waals surface area (Å²) in [6.07, 6.45) is 15.7. The number of aliphatic hydroxyl groups is 1. The summed E-state index contributed by atoms with van der Waals surface area (Å²) in [5, 5.41) is 11.1. The van der Waals surface area contributed by atoms with Gasteiger partial charge in [0.1, 0.15) is 0 Å². The van der Waals surface area contributed by atoms with E-state index >= 15 is 0 Å². The number of hydrogen-bond donors (Lipinski definition) is 4. The minimum absolute atomic E-state index is 0.121. The molecule has 0 aliphatic carbocycles. The molecule has 0 aromatic rings. The molecule has 1 heterocycles. The van der Waals surface area contributed by atoms with Gasteiger partial charge in [0, 0.05) is 25.7 Å². The molecule has 2 amide bonds. The number of urea groups is 1. The van der Waals surface area contributed by atoms with E-state index in [1.807, 2.05) is 4.90 Å². The Morgan fingerprint density at radius 1 is 0.969 bits per heavy atom. The molecule has 2 unspecified atom stereocenters. The fourth-order valence-corrected chi connectivity index (χ4v) is 2.96. The van der Waals surface area contributed by atoms with E-state index in [4.69, 9.17) is 26.2 Å². The van der Waals surface area contributed by atoms with Gasteiger partial charge >= 0.3 is 12.2 Å². The molecule has 192 valence electrons. The molecule has 8 heteroatoms. The fraction of sp³-hybridized carbons (Fsp3) is 0.917. The largest absolute Gasteiger partial charge is 0.392 e. The molecule has 32 heavy (non-hydrogen) atoms. The van der Waals surface area contributed by atoms with Crippen molar-refractivity contribution in [1.82, 2.24) is 10.2 Å². The number of nitrogens with one attached hydrogen (secondary N) is 1. The van der Waals surface area contributed by atoms with E-state index in [1.54, 1.807) is 6.92 Å². The second kappa shape index (κ2) is 29.5. The first-order valence-electron chi connectivity index (χ1n) is 12.5. The van der Waals surface area contributed by atoms with Crippen LogP contribution in [0.1, 0.15) is 105 Å². The molecule has 0 bridgehead atoms. The van der Waals surface area contributed by atoms with Gasteiger partial charge < -0.3 is 26.8 Å². The highest BCUT2D eigenvalue weighted by atomic mass is 16.3. The average molecular weight is 461 g/mol. The lowest BCUT2D eigenvalue weighted by Gasteiger charge is -2.19. The smallest absolute Gasteiger partial charge is 0.373 e. The Kier molecular flexibility index (Phi) is 32.4. The van der Waals surface area contributed by atoms with Crippen molar-refractivity contribution in [3.63, 3.8) is 0 Å². The highest BCUT2D eigenvalue weighted by molar-refractivity contribution is 5.76. The molecule has 0 aromatic heterocycles. The van der Waals surface area contributed by atoms with E-state index in [1.165, 1.54) is 70.6 Å². The van der Waals surface area contributed by atoms with E-state index in [2.05, 4.69) is 26.1 Å². The third-order valence-corrected chi connectivity index (χ3v) is 4.99. The van der Waals surface area contributed by atoms with Crippen LogP contribution >= 0.6 is 0 Å². The van der Waals surface area contributed by atoms with E-state index < -0.39 is 0 Å². The van der Waals surface area contributed by atoms with E-state index in [-0.39, 0.29) is 18.3 Å². The summed E-state index contributed by atoms with van der Waals surface area (Å²) in [7, 11) is 0. The molecule has 1 aliphatic rings. The Hall–Kier alpha value is -1.47. The Bertz CT molecular complexity index is 411. The maximum absolute atomic E-state index is 11.4. The summed E-state index contributed by atoms with van der Waals surface area (Å²) in [5.41, 5.74) is 10.3. The normalized spacial score (nSPS) is 15.2. The summed E-state index contributed by atoms with van der Waals surface area (Å²) in [6.45, 7) is 11.2. The van der Waals surface area contributed by atoms with Crippen LogP contribution in [0.2, 0.25) is 0 Å². The SMILES string of the molecule is CC(O)CN.CCCCCCCCN.CCCCCCCCN1C(=O)NCC1C.O=C=O. The quantitative estimate of drug-likeness (QED) is 0.291. The monoisotopic (exact) mass is 460 g/mol. The van der Waals surface area contributed by atoms with Crippen LogP contribution in [-0.2, 0) is 9.59 Å². The maximum atomic E-state index is 11.4. The molecule has 0 spiro atoms. The number of hydrogen-bond acceptors (Lipinski definition) is 6. The summed E-state index contributed by atoms with van der Waals surface area (Å²) in [6, 6.07) is 0.504. The number of carbonyl (C=O) groups is 1. The van der Waals surface area contributed by atoms with Gasteiger partial charge in [0.25, 0.3) is 0 Å². The molecule has 1 rings (SSSR count). The number of nitrogens with zero attached hydrogens (tertiary/aromatic N) is 1. The minimum Gasteiger partial charge on any atom is -0.392 e. The van der Waals surface area contributed by atoms with Gasteiger partial charge in [0.15, 0.2) is 0 Å². The molecule has 0 aromatic carbocycles. The Morgan fingerprint density at radius 2 is 1.38 bits per heavy atom. The lowest BCUT2D eigenvalue weighted by atomic mass is 10.1. The fourth-order valence-electron chi connectivity index (χ4n) is 2.96. The van der Waals surface area contributed by atoms with Crippen LogP contribution < -0.4 is 16.8 Å². The zero-order chi connectivity index (χ0) is 25.0. The van der Waals surface area contributed by atoms with Crippen molar-refractivity contribution < 1.29 is 19.5 Å². The van der Waals surface area contributed by atoms with Crippen molar-refractivity contribution in [2.45, 2.75) is 117 Å². The van der Waals surface area contributed by atoms with Gasteiger partial charge in [-0.2, -0.15) is 9.59 Å². The highest BCUT2D eigenvalue weighted by Crippen LogP contribution is 2.10. The van der Waals surface area contributed by atoms with Crippen molar-refractivity contribution in [3.05, 3.63) is 0 Å². The van der Waals surface area contributed by atoms with Gasteiger partial charge in [-0.15, -0.1) is 0 Å². The van der Waals surface area contributed by atoms with Gasteiger partial charge in [0.05, 0.1) is 6.10 Å². The second-order valence-electron chi connectivity index (χ2n) is 8.22. The molecule has 0 radical (unpaired) electrons. The predicted molar refractivity (Wildman–Crippen MR) is 131 cm³/mol. The van der Waals surface area contributed by atoms with Crippen molar-refractivity contribution in [2.75, 3.05) is 26.2 Å². The van der Waals surface area contributed by atoms with E-state index in [9.17, 15) is 4.79 Å². The van der Waals surface area contributed by atoms with Gasteiger partial charge in [-0.05, 0) is 33.2 Å². The summed E-state index contributed by atoms with van der Waals surface area (Å²) < 4.78 is 0. The highest BCUT2D eigenvalue weighted by Gasteiger charge is 2.25. The van der Waals surface area contributed by atoms with Gasteiger partial charge in [0.2, 0.25) is 0 Å². The first-order valence-corrected chi connectivity index (χ1v) is 12.5. The predicted octanol–water partition coefficient (Wildman–Crippen LogP) is 3.81. The Labute approximate surface area is 196 Å². The topological polar surface area (TPSA) is 139 Å². The number of carbonyl (C=O) groups excluding carboxylic acids is 3. The lowest BCUT2D eigenvalue weighted by Crippen LogP contribution is -2.33. The molecular weight excluding hydrogens is 408 g/mol. The zero-order valence-electron chi connectivity index (χ0n) is 21.2. The maximum Gasteiger partial charge on any atom is 0.373 e. The van der Waals surface area contributed by atoms with Crippen LogP contribution in [0.25, 0.3) is 0 Å². The third-order valence-electron chi connectivity index (χ3n) is 4.99. The Balaban J connectivity index is -0.000000420. The molecule has 1 fully saturated rings. The number of aliphatic hydroxyl groups excluding tert-OH is 1. The molecule has 1 saturated heterocycles. The molecule has 8 nitrogen and oxygen atoms in total. The number of unbranched alkanes of at least 4 members (excludes halogenated alkanes) is 10. The average Bonchev–Trinajstić information content (AvgIpc) is 3.09. The molecule has 1 aliphatic heterocycles. The van der Waals surface area contributed by atoms with E-state index in [0.29, 0.717) is 12.6 Å². The molecule has 2 atom stereocenters. The van der Waals surface area contributed by atoms with Crippen LogP contribution in [0.15, 0.2) is 0 Å². The van der Waals surface area contributed by atoms with Gasteiger partial charge in [-0.25, -0.2) is 4.79 Å². The zero-order valence-corrected chi connectivity index (χ0v) is 21.2. The molecular formula is C24H52N4O4. The third kappa shape index (κ3) is 28.5. The van der Waals surface area contributed by atoms with Crippen LogP contribution in [0.5, 0.6) is 0 Å². The molecule has 0 saturated carbocycles. The molecule has 6 N–H and O–H groups in total. The van der Waals surface area contributed by atoms with Crippen molar-refractivity contribution in [2.24, 2.45) is 11.5 Å². The summed E-state index contributed by atoms with van der Waals surface area (Å²) in [4.78, 5) is 29.6. The number of nitrogens with two attached hydrogens (primary N) is 2. The van der Waals surface area contributed by atoms with Crippen LogP contribution in [-0.4, -0.2) is 60.5 Å². The standard InChI is InChI=1S/C12H24N2O.C8H19N.C3H9NO.CO2/c1-3-4-5-6-7-8-9-14-11(2)10-13-12(14)15;1-2-3-4-5-6-7-8-9;1-3(5)2-4;2-1-3/h11H,3-10H2,1-2H3,(H,13,15);2-9H2,1H3;3,5H,2,4H2,1H3;. The number of rotatable bonds is 14. The van der Waals surface area contributed by atoms with Crippen LogP contribution in [0, 0.1) is 0 Å². The Morgan fingerprint density at radius 3 is 1.72 bits per heavy atom. The summed E-state index contributed by atoms with van der Waals surface area (Å²) >= 11 is 0. The first kappa shape index (κ1) is 35.1. The minimum atomic E-state index is -0.338. The van der Waals surface area contributed by atoms with E-state index in [0.717, 1.165) is 26.1 Å². The van der Waals surface area contributed by atoms with Crippen LogP contribution in [0.4, 0.5) is 4.79 Å². The first-order chi connectivity index (χ1) is 15.4. The van der Waals surface area contributed by atoms with Crippen LogP contribution in [0.3, 0.4) is 0 Å². The van der Waals surface area contributed by atoms with Gasteiger partial charge in [-0.1, -0.05) is 78.1 Å². The summed E-state index contributed by atoms with van der Waals surface area (Å²) in [5.74, 6) is 0. The van der Waals surface area contributed by atoms with Crippen molar-refractivity contribution in [3.8, 4) is 0 Å².